The molecule has 0 radical (unpaired) electrons. The smallest absolute Gasteiger partial charge is 0.257 e. The van der Waals surface area contributed by atoms with E-state index in [1.807, 2.05) is 19.9 Å². The molecule has 0 spiro atoms. The summed E-state index contributed by atoms with van der Waals surface area (Å²) in [5, 5.41) is 6.91. The standard InChI is InChI=1S/C17H22N4O3S/c1-11(2)16-14(9-18-19-16)17(22)21-8-7-13-12(10-21)5-4-6-15(13)20-25(3,23)24/h4-6,9,11,20H,7-8,10H2,1-3H3,(H,18,19). The number of hydrogen-bond acceptors (Lipinski definition) is 4. The van der Waals surface area contributed by atoms with E-state index in [1.54, 1.807) is 23.2 Å². The third kappa shape index (κ3) is 3.68. The van der Waals surface area contributed by atoms with Crippen molar-refractivity contribution in [1.82, 2.24) is 15.1 Å². The Balaban J connectivity index is 1.85. The van der Waals surface area contributed by atoms with E-state index in [-0.39, 0.29) is 11.8 Å². The molecule has 0 aliphatic carbocycles. The van der Waals surface area contributed by atoms with Gasteiger partial charge in [0.2, 0.25) is 10.0 Å². The van der Waals surface area contributed by atoms with Crippen LogP contribution in [0.1, 0.15) is 46.9 Å². The first-order valence-corrected chi connectivity index (χ1v) is 10.1. The molecule has 0 fully saturated rings. The number of anilines is 1. The van der Waals surface area contributed by atoms with Crippen LogP contribution in [0.2, 0.25) is 0 Å². The van der Waals surface area contributed by atoms with Crippen LogP contribution in [0.4, 0.5) is 5.69 Å². The van der Waals surface area contributed by atoms with Crippen LogP contribution in [0.15, 0.2) is 24.4 Å². The van der Waals surface area contributed by atoms with Gasteiger partial charge in [-0.15, -0.1) is 0 Å². The Morgan fingerprint density at radius 2 is 2.12 bits per heavy atom. The highest BCUT2D eigenvalue weighted by molar-refractivity contribution is 7.92. The Labute approximate surface area is 147 Å². The zero-order chi connectivity index (χ0) is 18.2. The van der Waals surface area contributed by atoms with Crippen molar-refractivity contribution in [3.63, 3.8) is 0 Å². The average molecular weight is 362 g/mol. The van der Waals surface area contributed by atoms with Crippen LogP contribution in [0, 0.1) is 0 Å². The number of fused-ring (bicyclic) bond motifs is 1. The molecule has 0 saturated carbocycles. The summed E-state index contributed by atoms with van der Waals surface area (Å²) in [4.78, 5) is 14.6. The Morgan fingerprint density at radius 1 is 1.36 bits per heavy atom. The van der Waals surface area contributed by atoms with Crippen LogP contribution in [0.5, 0.6) is 0 Å². The molecule has 1 amide bonds. The molecule has 1 aliphatic rings. The third-order valence-electron chi connectivity index (χ3n) is 4.33. The molecule has 1 aromatic heterocycles. The second-order valence-corrected chi connectivity index (χ2v) is 8.39. The van der Waals surface area contributed by atoms with E-state index in [2.05, 4.69) is 14.9 Å². The topological polar surface area (TPSA) is 95.2 Å². The van der Waals surface area contributed by atoms with Gasteiger partial charge in [0.25, 0.3) is 5.91 Å². The molecule has 2 N–H and O–H groups in total. The molecular formula is C17H22N4O3S. The lowest BCUT2D eigenvalue weighted by Crippen LogP contribution is -2.36. The molecule has 2 heterocycles. The molecule has 3 rings (SSSR count). The number of aromatic nitrogens is 2. The van der Waals surface area contributed by atoms with Crippen molar-refractivity contribution in [2.45, 2.75) is 32.7 Å². The fourth-order valence-electron chi connectivity index (χ4n) is 3.16. The normalized spacial score (nSPS) is 14.5. The maximum Gasteiger partial charge on any atom is 0.257 e. The van der Waals surface area contributed by atoms with Crippen molar-refractivity contribution in [3.8, 4) is 0 Å². The Hall–Kier alpha value is -2.35. The van der Waals surface area contributed by atoms with E-state index < -0.39 is 10.0 Å². The number of rotatable bonds is 4. The van der Waals surface area contributed by atoms with Crippen LogP contribution in [-0.2, 0) is 23.0 Å². The zero-order valence-corrected chi connectivity index (χ0v) is 15.4. The molecule has 8 heteroatoms. The number of carbonyl (C=O) groups is 1. The first kappa shape index (κ1) is 17.5. The number of aromatic amines is 1. The number of sulfonamides is 1. The van der Waals surface area contributed by atoms with Gasteiger partial charge < -0.3 is 4.90 Å². The summed E-state index contributed by atoms with van der Waals surface area (Å²) >= 11 is 0. The zero-order valence-electron chi connectivity index (χ0n) is 14.5. The fraction of sp³-hybridized carbons (Fsp3) is 0.412. The van der Waals surface area contributed by atoms with Crippen molar-refractivity contribution in [2.24, 2.45) is 0 Å². The van der Waals surface area contributed by atoms with E-state index in [4.69, 9.17) is 0 Å². The number of carbonyl (C=O) groups excluding carboxylic acids is 1. The van der Waals surface area contributed by atoms with Gasteiger partial charge in [-0.2, -0.15) is 5.10 Å². The summed E-state index contributed by atoms with van der Waals surface area (Å²) in [7, 11) is -3.33. The molecule has 2 aromatic rings. The molecule has 25 heavy (non-hydrogen) atoms. The summed E-state index contributed by atoms with van der Waals surface area (Å²) < 4.78 is 25.6. The summed E-state index contributed by atoms with van der Waals surface area (Å²) in [6, 6.07) is 5.49. The number of H-pyrrole nitrogens is 1. The summed E-state index contributed by atoms with van der Waals surface area (Å²) in [5.41, 5.74) is 3.95. The first-order valence-electron chi connectivity index (χ1n) is 8.17. The maximum absolute atomic E-state index is 12.9. The lowest BCUT2D eigenvalue weighted by atomic mass is 9.97. The van der Waals surface area contributed by atoms with Crippen LogP contribution >= 0.6 is 0 Å². The van der Waals surface area contributed by atoms with Crippen molar-refractivity contribution >= 4 is 21.6 Å². The van der Waals surface area contributed by atoms with Gasteiger partial charge in [0, 0.05) is 13.1 Å². The summed E-state index contributed by atoms with van der Waals surface area (Å²) in [6.07, 6.45) is 3.32. The van der Waals surface area contributed by atoms with Crippen LogP contribution in [0.3, 0.4) is 0 Å². The third-order valence-corrected chi connectivity index (χ3v) is 4.92. The SMILES string of the molecule is CC(C)c1[nH]ncc1C(=O)N1CCc2c(cccc2NS(C)(=O)=O)C1. The predicted octanol–water partition coefficient (Wildman–Crippen LogP) is 2.10. The van der Waals surface area contributed by atoms with Gasteiger partial charge in [-0.3, -0.25) is 14.6 Å². The number of amides is 1. The summed E-state index contributed by atoms with van der Waals surface area (Å²) in [6.45, 7) is 5.02. The van der Waals surface area contributed by atoms with Crippen LogP contribution in [-0.4, -0.2) is 42.2 Å². The second kappa shape index (κ2) is 6.51. The monoisotopic (exact) mass is 362 g/mol. The van der Waals surface area contributed by atoms with Gasteiger partial charge >= 0.3 is 0 Å². The van der Waals surface area contributed by atoms with Gasteiger partial charge in [0.15, 0.2) is 0 Å². The van der Waals surface area contributed by atoms with E-state index in [0.717, 1.165) is 23.1 Å². The average Bonchev–Trinajstić information content (AvgIpc) is 3.02. The minimum Gasteiger partial charge on any atom is -0.334 e. The molecule has 1 aromatic carbocycles. The molecule has 0 unspecified atom stereocenters. The van der Waals surface area contributed by atoms with Gasteiger partial charge in [0.05, 0.1) is 29.4 Å². The van der Waals surface area contributed by atoms with Crippen molar-refractivity contribution in [3.05, 3.63) is 46.8 Å². The molecule has 0 atom stereocenters. The minimum atomic E-state index is -3.33. The van der Waals surface area contributed by atoms with E-state index in [1.165, 1.54) is 0 Å². The molecule has 0 bridgehead atoms. The lowest BCUT2D eigenvalue weighted by Gasteiger charge is -2.30. The predicted molar refractivity (Wildman–Crippen MR) is 96.0 cm³/mol. The minimum absolute atomic E-state index is 0.0513. The number of hydrogen-bond donors (Lipinski definition) is 2. The lowest BCUT2D eigenvalue weighted by molar-refractivity contribution is 0.0733. The largest absolute Gasteiger partial charge is 0.334 e. The van der Waals surface area contributed by atoms with Crippen molar-refractivity contribution < 1.29 is 13.2 Å². The molecule has 134 valence electrons. The fourth-order valence-corrected chi connectivity index (χ4v) is 3.75. The van der Waals surface area contributed by atoms with Gasteiger partial charge in [0.1, 0.15) is 0 Å². The molecule has 7 nitrogen and oxygen atoms in total. The van der Waals surface area contributed by atoms with E-state index >= 15 is 0 Å². The van der Waals surface area contributed by atoms with Crippen LogP contribution < -0.4 is 4.72 Å². The maximum atomic E-state index is 12.9. The Bertz CT molecular complexity index is 902. The molecule has 1 aliphatic heterocycles. The first-order chi connectivity index (χ1) is 11.8. The van der Waals surface area contributed by atoms with Gasteiger partial charge in [-0.25, -0.2) is 8.42 Å². The second-order valence-electron chi connectivity index (χ2n) is 6.65. The van der Waals surface area contributed by atoms with Gasteiger partial charge in [-0.1, -0.05) is 26.0 Å². The highest BCUT2D eigenvalue weighted by Gasteiger charge is 2.26. The van der Waals surface area contributed by atoms with E-state index in [9.17, 15) is 13.2 Å². The number of nitrogens with zero attached hydrogens (tertiary/aromatic N) is 2. The Morgan fingerprint density at radius 3 is 2.80 bits per heavy atom. The van der Waals surface area contributed by atoms with Gasteiger partial charge in [-0.05, 0) is 29.5 Å². The number of nitrogens with one attached hydrogen (secondary N) is 2. The Kier molecular flexibility index (Phi) is 4.55. The van der Waals surface area contributed by atoms with Crippen molar-refractivity contribution in [1.29, 1.82) is 0 Å². The number of benzene rings is 1. The van der Waals surface area contributed by atoms with Crippen molar-refractivity contribution in [2.75, 3.05) is 17.5 Å². The van der Waals surface area contributed by atoms with E-state index in [0.29, 0.717) is 30.8 Å². The quantitative estimate of drug-likeness (QED) is 0.871. The highest BCUT2D eigenvalue weighted by Crippen LogP contribution is 2.28. The molecule has 0 saturated heterocycles. The summed E-state index contributed by atoms with van der Waals surface area (Å²) in [5.74, 6) is 0.133. The molecular weight excluding hydrogens is 340 g/mol. The highest BCUT2D eigenvalue weighted by atomic mass is 32.2. The van der Waals surface area contributed by atoms with Crippen LogP contribution in [0.25, 0.3) is 0 Å².